The number of aromatic nitrogens is 2. The van der Waals surface area contributed by atoms with Gasteiger partial charge >= 0.3 is 0 Å². The van der Waals surface area contributed by atoms with Gasteiger partial charge in [0.2, 0.25) is 0 Å². The lowest BCUT2D eigenvalue weighted by molar-refractivity contribution is -0.384. The number of carbonyl (C=O) groups excluding carboxylic acids is 1. The molecule has 2 rings (SSSR count). The third-order valence-corrected chi connectivity index (χ3v) is 2.81. The first-order valence-electron chi connectivity index (χ1n) is 5.80. The van der Waals surface area contributed by atoms with Gasteiger partial charge in [-0.15, -0.1) is 0 Å². The Labute approximate surface area is 114 Å². The van der Waals surface area contributed by atoms with E-state index in [-0.39, 0.29) is 17.3 Å². The van der Waals surface area contributed by atoms with E-state index in [0.717, 1.165) is 0 Å². The molecule has 1 aromatic carbocycles. The Kier molecular flexibility index (Phi) is 3.43. The van der Waals surface area contributed by atoms with E-state index in [0.29, 0.717) is 22.6 Å². The van der Waals surface area contributed by atoms with E-state index in [1.807, 2.05) is 0 Å². The lowest BCUT2D eigenvalue weighted by Crippen LogP contribution is -2.08. The van der Waals surface area contributed by atoms with Gasteiger partial charge in [-0.2, -0.15) is 0 Å². The SMILES string of the molecule is CC(=O)c1c(C)nc(-c2ccc([N+](=O)[O-])cc2)nc1N. The van der Waals surface area contributed by atoms with Crippen LogP contribution >= 0.6 is 0 Å². The summed E-state index contributed by atoms with van der Waals surface area (Å²) in [6, 6.07) is 5.81. The van der Waals surface area contributed by atoms with Gasteiger partial charge in [-0.1, -0.05) is 0 Å². The number of nitrogen functional groups attached to an aromatic ring is 1. The molecule has 0 saturated heterocycles. The fourth-order valence-corrected chi connectivity index (χ4v) is 1.89. The van der Waals surface area contributed by atoms with Crippen LogP contribution in [0.2, 0.25) is 0 Å². The normalized spacial score (nSPS) is 10.3. The van der Waals surface area contributed by atoms with Crippen molar-refractivity contribution in [3.8, 4) is 11.4 Å². The summed E-state index contributed by atoms with van der Waals surface area (Å²) in [4.78, 5) is 29.8. The fraction of sp³-hybridized carbons (Fsp3) is 0.154. The van der Waals surface area contributed by atoms with Crippen LogP contribution in [0.15, 0.2) is 24.3 Å². The Bertz CT molecular complexity index is 672. The molecule has 0 aliphatic carbocycles. The Morgan fingerprint density at radius 1 is 1.25 bits per heavy atom. The second-order valence-corrected chi connectivity index (χ2v) is 4.25. The largest absolute Gasteiger partial charge is 0.383 e. The molecule has 0 amide bonds. The number of non-ortho nitro benzene ring substituents is 1. The van der Waals surface area contributed by atoms with Crippen LogP contribution in [0.4, 0.5) is 11.5 Å². The monoisotopic (exact) mass is 272 g/mol. The zero-order chi connectivity index (χ0) is 14.9. The van der Waals surface area contributed by atoms with Gasteiger partial charge in [0.25, 0.3) is 5.69 Å². The zero-order valence-corrected chi connectivity index (χ0v) is 11.0. The number of anilines is 1. The maximum atomic E-state index is 11.4. The number of ketones is 1. The molecule has 0 spiro atoms. The Balaban J connectivity index is 2.48. The molecule has 2 N–H and O–H groups in total. The summed E-state index contributed by atoms with van der Waals surface area (Å²) in [6.45, 7) is 3.07. The van der Waals surface area contributed by atoms with Crippen molar-refractivity contribution in [3.05, 3.63) is 45.6 Å². The van der Waals surface area contributed by atoms with Crippen molar-refractivity contribution in [2.24, 2.45) is 0 Å². The van der Waals surface area contributed by atoms with Crippen LogP contribution in [-0.2, 0) is 0 Å². The third-order valence-electron chi connectivity index (χ3n) is 2.81. The van der Waals surface area contributed by atoms with Crippen molar-refractivity contribution >= 4 is 17.3 Å². The van der Waals surface area contributed by atoms with E-state index in [2.05, 4.69) is 9.97 Å². The van der Waals surface area contributed by atoms with E-state index in [1.54, 1.807) is 19.1 Å². The number of carbonyl (C=O) groups is 1. The zero-order valence-electron chi connectivity index (χ0n) is 11.0. The minimum Gasteiger partial charge on any atom is -0.383 e. The summed E-state index contributed by atoms with van der Waals surface area (Å²) in [6.07, 6.45) is 0. The van der Waals surface area contributed by atoms with E-state index in [4.69, 9.17) is 5.73 Å². The Morgan fingerprint density at radius 3 is 2.30 bits per heavy atom. The molecule has 0 unspecified atom stereocenters. The number of nitrogens with two attached hydrogens (primary N) is 1. The van der Waals surface area contributed by atoms with Gasteiger partial charge in [-0.25, -0.2) is 9.97 Å². The molecule has 20 heavy (non-hydrogen) atoms. The van der Waals surface area contributed by atoms with Gasteiger partial charge in [-0.3, -0.25) is 14.9 Å². The molecule has 1 aromatic heterocycles. The highest BCUT2D eigenvalue weighted by Gasteiger charge is 2.14. The molecular weight excluding hydrogens is 260 g/mol. The number of nitro benzene ring substituents is 1. The van der Waals surface area contributed by atoms with E-state index < -0.39 is 4.92 Å². The standard InChI is InChI=1S/C13H12N4O3/c1-7-11(8(2)18)12(14)16-13(15-7)9-3-5-10(6-4-9)17(19)20/h3-6H,1-2H3,(H2,14,15,16). The maximum absolute atomic E-state index is 11.4. The molecule has 0 atom stereocenters. The van der Waals surface area contributed by atoms with Crippen LogP contribution in [0.25, 0.3) is 11.4 Å². The van der Waals surface area contributed by atoms with Crippen LogP contribution < -0.4 is 5.73 Å². The van der Waals surface area contributed by atoms with Crippen molar-refractivity contribution in [2.45, 2.75) is 13.8 Å². The van der Waals surface area contributed by atoms with Crippen molar-refractivity contribution in [2.75, 3.05) is 5.73 Å². The Morgan fingerprint density at radius 2 is 1.85 bits per heavy atom. The number of aryl methyl sites for hydroxylation is 1. The lowest BCUT2D eigenvalue weighted by Gasteiger charge is -2.07. The van der Waals surface area contributed by atoms with Gasteiger partial charge in [0.05, 0.1) is 16.2 Å². The highest BCUT2D eigenvalue weighted by atomic mass is 16.6. The molecule has 0 aliphatic heterocycles. The number of nitro groups is 1. The molecule has 7 heteroatoms. The smallest absolute Gasteiger partial charge is 0.269 e. The molecule has 2 aromatic rings. The quantitative estimate of drug-likeness (QED) is 0.520. The summed E-state index contributed by atoms with van der Waals surface area (Å²) < 4.78 is 0. The van der Waals surface area contributed by atoms with Crippen molar-refractivity contribution in [1.29, 1.82) is 0 Å². The number of hydrogen-bond acceptors (Lipinski definition) is 6. The summed E-state index contributed by atoms with van der Waals surface area (Å²) in [5.41, 5.74) is 7.13. The minimum absolute atomic E-state index is 0.0150. The molecule has 1 heterocycles. The van der Waals surface area contributed by atoms with Gasteiger partial charge in [-0.05, 0) is 26.0 Å². The van der Waals surface area contributed by atoms with E-state index in [1.165, 1.54) is 19.1 Å². The van der Waals surface area contributed by atoms with Crippen LogP contribution in [0.3, 0.4) is 0 Å². The molecule has 0 aliphatic rings. The van der Waals surface area contributed by atoms with Crippen molar-refractivity contribution < 1.29 is 9.72 Å². The van der Waals surface area contributed by atoms with Gasteiger partial charge in [0.1, 0.15) is 5.82 Å². The summed E-state index contributed by atoms with van der Waals surface area (Å²) in [7, 11) is 0. The molecule has 102 valence electrons. The number of rotatable bonds is 3. The van der Waals surface area contributed by atoms with Gasteiger partial charge < -0.3 is 5.73 Å². The predicted molar refractivity (Wildman–Crippen MR) is 73.3 cm³/mol. The number of hydrogen-bond donors (Lipinski definition) is 1. The molecule has 0 saturated carbocycles. The van der Waals surface area contributed by atoms with E-state index in [9.17, 15) is 14.9 Å². The lowest BCUT2D eigenvalue weighted by atomic mass is 10.1. The van der Waals surface area contributed by atoms with Crippen molar-refractivity contribution in [1.82, 2.24) is 9.97 Å². The summed E-state index contributed by atoms with van der Waals surface area (Å²) >= 11 is 0. The highest BCUT2D eigenvalue weighted by Crippen LogP contribution is 2.22. The first kappa shape index (κ1) is 13.6. The van der Waals surface area contributed by atoms with Gasteiger partial charge in [0, 0.05) is 17.7 Å². The summed E-state index contributed by atoms with van der Waals surface area (Å²) in [5, 5.41) is 10.6. The van der Waals surface area contributed by atoms with Crippen molar-refractivity contribution in [3.63, 3.8) is 0 Å². The first-order chi connectivity index (χ1) is 9.40. The molecule has 7 nitrogen and oxygen atoms in total. The Hall–Kier alpha value is -2.83. The highest BCUT2D eigenvalue weighted by molar-refractivity contribution is 5.99. The topological polar surface area (TPSA) is 112 Å². The van der Waals surface area contributed by atoms with Crippen LogP contribution in [0, 0.1) is 17.0 Å². The second kappa shape index (κ2) is 5.04. The summed E-state index contributed by atoms with van der Waals surface area (Å²) in [5.74, 6) is 0.244. The molecular formula is C13H12N4O3. The van der Waals surface area contributed by atoms with Crippen LogP contribution in [-0.4, -0.2) is 20.7 Å². The average Bonchev–Trinajstić information content (AvgIpc) is 2.37. The molecule has 0 radical (unpaired) electrons. The average molecular weight is 272 g/mol. The molecule has 0 bridgehead atoms. The fourth-order valence-electron chi connectivity index (χ4n) is 1.89. The first-order valence-corrected chi connectivity index (χ1v) is 5.80. The maximum Gasteiger partial charge on any atom is 0.269 e. The molecule has 0 fully saturated rings. The number of nitrogens with zero attached hydrogens (tertiary/aromatic N) is 3. The van der Waals surface area contributed by atoms with Gasteiger partial charge in [0.15, 0.2) is 11.6 Å². The van der Waals surface area contributed by atoms with Crippen LogP contribution in [0.5, 0.6) is 0 Å². The predicted octanol–water partition coefficient (Wildman–Crippen LogP) is 2.15. The number of Topliss-reactive ketones (excluding diaryl/α,β-unsaturated/α-hetero) is 1. The third kappa shape index (κ3) is 2.46. The van der Waals surface area contributed by atoms with E-state index >= 15 is 0 Å². The minimum atomic E-state index is -0.483. The number of benzene rings is 1. The second-order valence-electron chi connectivity index (χ2n) is 4.25. The van der Waals surface area contributed by atoms with Crippen LogP contribution in [0.1, 0.15) is 23.0 Å².